The summed E-state index contributed by atoms with van der Waals surface area (Å²) < 4.78 is 5.58. The van der Waals surface area contributed by atoms with Crippen LogP contribution in [0.3, 0.4) is 0 Å². The maximum atomic E-state index is 11.5. The Morgan fingerprint density at radius 1 is 1.39 bits per heavy atom. The van der Waals surface area contributed by atoms with Crippen LogP contribution in [-0.2, 0) is 20.1 Å². The summed E-state index contributed by atoms with van der Waals surface area (Å²) in [6.07, 6.45) is 1.40. The maximum Gasteiger partial charge on any atom is 0.212 e. The third-order valence-electron chi connectivity index (χ3n) is 2.92. The quantitative estimate of drug-likeness (QED) is 0.802. The molecule has 1 aromatic carbocycles. The first-order valence-corrected chi connectivity index (χ1v) is 5.74. The number of carbonyl (C=O) groups is 1. The van der Waals surface area contributed by atoms with Gasteiger partial charge in [-0.3, -0.25) is 4.79 Å². The summed E-state index contributed by atoms with van der Waals surface area (Å²) in [6, 6.07) is 5.54. The van der Waals surface area contributed by atoms with Gasteiger partial charge >= 0.3 is 0 Å². The van der Waals surface area contributed by atoms with Gasteiger partial charge in [0.25, 0.3) is 0 Å². The number of aryl methyl sites for hydroxylation is 2. The first-order valence-electron chi connectivity index (χ1n) is 5.74. The first kappa shape index (κ1) is 10.9. The predicted molar refractivity (Wildman–Crippen MR) is 62.2 cm³/mol. The van der Waals surface area contributed by atoms with Crippen LogP contribution in [0.1, 0.15) is 28.2 Å². The summed E-state index contributed by atoms with van der Waals surface area (Å²) in [5.41, 5.74) is 1.88. The molecular weight excluding hydrogens is 232 g/mol. The van der Waals surface area contributed by atoms with Crippen molar-refractivity contribution in [1.29, 1.82) is 0 Å². The number of benzene rings is 1. The van der Waals surface area contributed by atoms with E-state index in [0.717, 1.165) is 23.3 Å². The molecule has 0 saturated carbocycles. The molecule has 92 valence electrons. The lowest BCUT2D eigenvalue weighted by Crippen LogP contribution is -2.00. The fraction of sp³-hybridized carbons (Fsp3) is 0.333. The number of ether oxygens (including phenoxy) is 1. The molecule has 0 fully saturated rings. The third kappa shape index (κ3) is 1.97. The zero-order valence-electron chi connectivity index (χ0n) is 9.96. The highest BCUT2D eigenvalue weighted by Gasteiger charge is 2.19. The van der Waals surface area contributed by atoms with E-state index in [1.54, 1.807) is 13.1 Å². The lowest BCUT2D eigenvalue weighted by molar-refractivity contribution is 0.0994. The summed E-state index contributed by atoms with van der Waals surface area (Å²) in [5, 5.41) is 11.6. The Bertz CT molecular complexity index is 606. The molecule has 0 aliphatic heterocycles. The number of hydrogen-bond acceptors (Lipinski definition) is 5. The van der Waals surface area contributed by atoms with E-state index in [2.05, 4.69) is 15.4 Å². The van der Waals surface area contributed by atoms with Crippen LogP contribution in [0, 0.1) is 0 Å². The second-order valence-electron chi connectivity index (χ2n) is 4.23. The minimum Gasteiger partial charge on any atom is -0.485 e. The normalized spacial score (nSPS) is 13.7. The van der Waals surface area contributed by atoms with Gasteiger partial charge in [0.1, 0.15) is 5.75 Å². The maximum absolute atomic E-state index is 11.5. The highest BCUT2D eigenvalue weighted by molar-refractivity contribution is 6.00. The van der Waals surface area contributed by atoms with Crippen LogP contribution in [-0.4, -0.2) is 26.0 Å². The minimum absolute atomic E-state index is 0.215. The average molecular weight is 244 g/mol. The Kier molecular flexibility index (Phi) is 2.55. The van der Waals surface area contributed by atoms with E-state index >= 15 is 0 Å². The van der Waals surface area contributed by atoms with Crippen molar-refractivity contribution >= 4 is 5.78 Å². The minimum atomic E-state index is 0.215. The molecule has 1 aliphatic rings. The standard InChI is InChI=1S/C12H12N4O2/c1-16-14-12(13-15-16)7-18-9-3-4-10-8(6-9)2-5-11(10)17/h3-4,6H,2,5,7H2,1H3. The molecule has 0 N–H and O–H groups in total. The lowest BCUT2D eigenvalue weighted by Gasteiger charge is -2.05. The fourth-order valence-corrected chi connectivity index (χ4v) is 2.05. The van der Waals surface area contributed by atoms with Crippen molar-refractivity contribution in [1.82, 2.24) is 20.2 Å². The molecular formula is C12H12N4O2. The van der Waals surface area contributed by atoms with Gasteiger partial charge in [0.15, 0.2) is 12.4 Å². The van der Waals surface area contributed by atoms with E-state index in [0.29, 0.717) is 12.2 Å². The average Bonchev–Trinajstić information content (AvgIpc) is 2.94. The second kappa shape index (κ2) is 4.21. The zero-order chi connectivity index (χ0) is 12.5. The molecule has 6 nitrogen and oxygen atoms in total. The lowest BCUT2D eigenvalue weighted by atomic mass is 10.1. The molecule has 2 aromatic rings. The predicted octanol–water partition coefficient (Wildman–Crippen LogP) is 0.918. The van der Waals surface area contributed by atoms with Crippen LogP contribution in [0.4, 0.5) is 0 Å². The van der Waals surface area contributed by atoms with Gasteiger partial charge in [0.2, 0.25) is 5.82 Å². The van der Waals surface area contributed by atoms with Gasteiger partial charge in [-0.2, -0.15) is 4.80 Å². The monoisotopic (exact) mass is 244 g/mol. The van der Waals surface area contributed by atoms with E-state index < -0.39 is 0 Å². The van der Waals surface area contributed by atoms with Gasteiger partial charge in [-0.05, 0) is 35.4 Å². The van der Waals surface area contributed by atoms with Gasteiger partial charge in [-0.15, -0.1) is 10.2 Å². The molecule has 1 heterocycles. The molecule has 0 radical (unpaired) electrons. The fourth-order valence-electron chi connectivity index (χ4n) is 2.05. The largest absolute Gasteiger partial charge is 0.485 e. The summed E-state index contributed by atoms with van der Waals surface area (Å²) in [7, 11) is 1.71. The van der Waals surface area contributed by atoms with Crippen molar-refractivity contribution in [3.8, 4) is 5.75 Å². The SMILES string of the molecule is Cn1nnc(COc2ccc3c(c2)CCC3=O)n1. The van der Waals surface area contributed by atoms with Gasteiger partial charge in [-0.25, -0.2) is 0 Å². The molecule has 1 aliphatic carbocycles. The van der Waals surface area contributed by atoms with Crippen LogP contribution in [0.15, 0.2) is 18.2 Å². The van der Waals surface area contributed by atoms with Gasteiger partial charge < -0.3 is 4.74 Å². The third-order valence-corrected chi connectivity index (χ3v) is 2.92. The smallest absolute Gasteiger partial charge is 0.212 e. The zero-order valence-corrected chi connectivity index (χ0v) is 9.96. The number of rotatable bonds is 3. The van der Waals surface area contributed by atoms with Crippen LogP contribution in [0.5, 0.6) is 5.75 Å². The summed E-state index contributed by atoms with van der Waals surface area (Å²) in [5.74, 6) is 1.48. The number of tetrazole rings is 1. The van der Waals surface area contributed by atoms with Gasteiger partial charge in [-0.1, -0.05) is 0 Å². The van der Waals surface area contributed by atoms with E-state index in [1.807, 2.05) is 12.1 Å². The Labute approximate surface area is 104 Å². The van der Waals surface area contributed by atoms with Crippen molar-refractivity contribution in [2.75, 3.05) is 0 Å². The Hall–Kier alpha value is -2.24. The number of Topliss-reactive ketones (excluding diaryl/α,β-unsaturated/α-hetero) is 1. The molecule has 0 saturated heterocycles. The van der Waals surface area contributed by atoms with Crippen molar-refractivity contribution in [2.45, 2.75) is 19.4 Å². The van der Waals surface area contributed by atoms with E-state index in [4.69, 9.17) is 4.74 Å². The molecule has 0 spiro atoms. The molecule has 0 atom stereocenters. The number of nitrogens with zero attached hydrogens (tertiary/aromatic N) is 4. The Morgan fingerprint density at radius 2 is 2.28 bits per heavy atom. The van der Waals surface area contributed by atoms with Crippen molar-refractivity contribution in [3.63, 3.8) is 0 Å². The van der Waals surface area contributed by atoms with Crippen molar-refractivity contribution in [3.05, 3.63) is 35.2 Å². The molecule has 0 bridgehead atoms. The van der Waals surface area contributed by atoms with E-state index in [-0.39, 0.29) is 12.4 Å². The number of aromatic nitrogens is 4. The van der Waals surface area contributed by atoms with Crippen molar-refractivity contribution < 1.29 is 9.53 Å². The van der Waals surface area contributed by atoms with Crippen molar-refractivity contribution in [2.24, 2.45) is 7.05 Å². The van der Waals surface area contributed by atoms with E-state index in [9.17, 15) is 4.79 Å². The number of fused-ring (bicyclic) bond motifs is 1. The molecule has 0 amide bonds. The Balaban J connectivity index is 1.72. The second-order valence-corrected chi connectivity index (χ2v) is 4.23. The number of hydrogen-bond donors (Lipinski definition) is 0. The number of ketones is 1. The highest BCUT2D eigenvalue weighted by Crippen LogP contribution is 2.26. The summed E-state index contributed by atoms with van der Waals surface area (Å²) >= 11 is 0. The molecule has 6 heteroatoms. The summed E-state index contributed by atoms with van der Waals surface area (Å²) in [4.78, 5) is 12.9. The Morgan fingerprint density at radius 3 is 3.06 bits per heavy atom. The van der Waals surface area contributed by atoms with Crippen LogP contribution in [0.2, 0.25) is 0 Å². The van der Waals surface area contributed by atoms with Gasteiger partial charge in [0.05, 0.1) is 7.05 Å². The molecule has 18 heavy (non-hydrogen) atoms. The molecule has 0 unspecified atom stereocenters. The molecule has 3 rings (SSSR count). The van der Waals surface area contributed by atoms with Crippen LogP contribution >= 0.6 is 0 Å². The van der Waals surface area contributed by atoms with Crippen LogP contribution in [0.25, 0.3) is 0 Å². The topological polar surface area (TPSA) is 69.9 Å². The van der Waals surface area contributed by atoms with Crippen LogP contribution < -0.4 is 4.74 Å². The van der Waals surface area contributed by atoms with Gasteiger partial charge in [0, 0.05) is 12.0 Å². The highest BCUT2D eigenvalue weighted by atomic mass is 16.5. The first-order chi connectivity index (χ1) is 8.72. The van der Waals surface area contributed by atoms with E-state index in [1.165, 1.54) is 4.80 Å². The number of carbonyl (C=O) groups excluding carboxylic acids is 1. The summed E-state index contributed by atoms with van der Waals surface area (Å²) in [6.45, 7) is 0.278. The molecule has 1 aromatic heterocycles.